The molecule has 0 spiro atoms. The van der Waals surface area contributed by atoms with Crippen LogP contribution in [-0.4, -0.2) is 25.2 Å². The van der Waals surface area contributed by atoms with Crippen LogP contribution in [0.25, 0.3) is 11.0 Å². The molecule has 0 saturated heterocycles. The molecular weight excluding hydrogens is 174 g/mol. The van der Waals surface area contributed by atoms with Gasteiger partial charge in [0, 0.05) is 7.05 Å². The second kappa shape index (κ2) is 2.52. The summed E-state index contributed by atoms with van der Waals surface area (Å²) in [7, 11) is 1.62. The number of nitrogens with zero attached hydrogens (tertiary/aromatic N) is 4. The van der Waals surface area contributed by atoms with Gasteiger partial charge < -0.3 is 5.43 Å². The first-order valence-corrected chi connectivity index (χ1v) is 3.48. The van der Waals surface area contributed by atoms with Crippen LogP contribution < -0.4 is 16.8 Å². The van der Waals surface area contributed by atoms with Crippen molar-refractivity contribution in [2.75, 3.05) is 5.43 Å². The third-order valence-corrected chi connectivity index (χ3v) is 1.67. The predicted octanol–water partition coefficient (Wildman–Crippen LogP) is -1.66. The van der Waals surface area contributed by atoms with Gasteiger partial charge in [0.05, 0.1) is 0 Å². The van der Waals surface area contributed by atoms with Gasteiger partial charge in [0.2, 0.25) is 0 Å². The summed E-state index contributed by atoms with van der Waals surface area (Å²) >= 11 is 0. The molecule has 68 valence electrons. The lowest BCUT2D eigenvalue weighted by molar-refractivity contribution is 0.733. The molecule has 0 saturated carbocycles. The van der Waals surface area contributed by atoms with Gasteiger partial charge in [0.1, 0.15) is 0 Å². The molecule has 2 aromatic heterocycles. The lowest BCUT2D eigenvalue weighted by atomic mass is 10.4. The van der Waals surface area contributed by atoms with E-state index in [2.05, 4.69) is 25.9 Å². The fourth-order valence-electron chi connectivity index (χ4n) is 1.08. The van der Waals surface area contributed by atoms with Crippen molar-refractivity contribution in [3.8, 4) is 0 Å². The Kier molecular flexibility index (Phi) is 1.49. The fraction of sp³-hybridized carbons (Fsp3) is 0.200. The van der Waals surface area contributed by atoms with Crippen LogP contribution >= 0.6 is 0 Å². The molecule has 0 amide bonds. The number of rotatable bonds is 1. The van der Waals surface area contributed by atoms with Crippen LogP contribution in [0.4, 0.5) is 5.82 Å². The molecule has 2 rings (SSSR count). The fourth-order valence-corrected chi connectivity index (χ4v) is 1.08. The Morgan fingerprint density at radius 2 is 2.38 bits per heavy atom. The van der Waals surface area contributed by atoms with Crippen LogP contribution in [0.15, 0.2) is 4.79 Å². The lowest BCUT2D eigenvalue weighted by Gasteiger charge is -1.96. The maximum Gasteiger partial charge on any atom is 0.292 e. The van der Waals surface area contributed by atoms with E-state index in [0.717, 1.165) is 0 Å². The Bertz CT molecular complexity index is 497. The average molecular weight is 181 g/mol. The molecule has 2 aromatic rings. The van der Waals surface area contributed by atoms with E-state index in [1.165, 1.54) is 4.68 Å². The van der Waals surface area contributed by atoms with E-state index in [1.54, 1.807) is 7.05 Å². The van der Waals surface area contributed by atoms with Crippen LogP contribution in [0.1, 0.15) is 0 Å². The van der Waals surface area contributed by atoms with Gasteiger partial charge in [-0.05, 0) is 0 Å². The quantitative estimate of drug-likeness (QED) is 0.358. The molecule has 0 aliphatic heterocycles. The predicted molar refractivity (Wildman–Crippen MR) is 44.7 cm³/mol. The molecule has 0 aromatic carbocycles. The van der Waals surface area contributed by atoms with E-state index in [-0.39, 0.29) is 5.56 Å². The van der Waals surface area contributed by atoms with Crippen molar-refractivity contribution in [3.05, 3.63) is 10.4 Å². The van der Waals surface area contributed by atoms with Crippen LogP contribution in [0, 0.1) is 0 Å². The van der Waals surface area contributed by atoms with E-state index in [9.17, 15) is 4.79 Å². The zero-order valence-corrected chi connectivity index (χ0v) is 6.77. The molecule has 0 aliphatic carbocycles. The molecule has 0 fully saturated rings. The number of aryl methyl sites for hydroxylation is 1. The zero-order chi connectivity index (χ0) is 9.42. The summed E-state index contributed by atoms with van der Waals surface area (Å²) in [5.41, 5.74) is 2.66. The number of fused-ring (bicyclic) bond motifs is 1. The maximum absolute atomic E-state index is 11.2. The van der Waals surface area contributed by atoms with Gasteiger partial charge in [-0.15, -0.1) is 5.10 Å². The summed E-state index contributed by atoms with van der Waals surface area (Å²) < 4.78 is 1.36. The summed E-state index contributed by atoms with van der Waals surface area (Å²) in [4.78, 5) is 11.2. The summed E-state index contributed by atoms with van der Waals surface area (Å²) in [5, 5.41) is 13.3. The minimum Gasteiger partial charge on any atom is -0.305 e. The molecule has 4 N–H and O–H groups in total. The maximum atomic E-state index is 11.2. The number of anilines is 1. The second-order valence-electron chi connectivity index (χ2n) is 2.46. The van der Waals surface area contributed by atoms with E-state index < -0.39 is 0 Å². The summed E-state index contributed by atoms with van der Waals surface area (Å²) in [6.07, 6.45) is 0. The van der Waals surface area contributed by atoms with E-state index in [0.29, 0.717) is 16.9 Å². The number of nitrogens with two attached hydrogens (primary N) is 1. The van der Waals surface area contributed by atoms with Gasteiger partial charge in [-0.3, -0.25) is 4.79 Å². The van der Waals surface area contributed by atoms with Crippen molar-refractivity contribution in [1.29, 1.82) is 0 Å². The number of aromatic amines is 1. The van der Waals surface area contributed by atoms with E-state index in [4.69, 9.17) is 5.84 Å². The summed E-state index contributed by atoms with van der Waals surface area (Å²) in [6, 6.07) is 0. The molecule has 0 aliphatic rings. The largest absolute Gasteiger partial charge is 0.305 e. The highest BCUT2D eigenvalue weighted by molar-refractivity contribution is 5.83. The molecule has 0 bridgehead atoms. The van der Waals surface area contributed by atoms with Gasteiger partial charge >= 0.3 is 0 Å². The topological polar surface area (TPSA) is 115 Å². The number of aromatic nitrogens is 5. The van der Waals surface area contributed by atoms with Gasteiger partial charge in [-0.25, -0.2) is 15.6 Å². The Hall–Kier alpha value is -1.96. The highest BCUT2D eigenvalue weighted by Gasteiger charge is 2.10. The van der Waals surface area contributed by atoms with Crippen molar-refractivity contribution in [2.45, 2.75) is 0 Å². The molecule has 0 atom stereocenters. The monoisotopic (exact) mass is 181 g/mol. The van der Waals surface area contributed by atoms with Gasteiger partial charge in [-0.2, -0.15) is 5.10 Å². The number of hydrazine groups is 1. The highest BCUT2D eigenvalue weighted by atomic mass is 16.1. The van der Waals surface area contributed by atoms with Crippen molar-refractivity contribution in [2.24, 2.45) is 12.9 Å². The average Bonchev–Trinajstić information content (AvgIpc) is 2.50. The van der Waals surface area contributed by atoms with Crippen molar-refractivity contribution < 1.29 is 0 Å². The number of hydrogen-bond donors (Lipinski definition) is 3. The molecule has 2 heterocycles. The molecule has 13 heavy (non-hydrogen) atoms. The van der Waals surface area contributed by atoms with Crippen molar-refractivity contribution >= 4 is 16.9 Å². The van der Waals surface area contributed by atoms with E-state index in [1.807, 2.05) is 0 Å². The summed E-state index contributed by atoms with van der Waals surface area (Å²) in [5.74, 6) is 5.46. The van der Waals surface area contributed by atoms with Crippen molar-refractivity contribution in [3.63, 3.8) is 0 Å². The third-order valence-electron chi connectivity index (χ3n) is 1.67. The van der Waals surface area contributed by atoms with Gasteiger partial charge in [-0.1, -0.05) is 5.21 Å². The number of H-pyrrole nitrogens is 1. The molecule has 8 nitrogen and oxygen atoms in total. The van der Waals surface area contributed by atoms with Crippen molar-refractivity contribution in [1.82, 2.24) is 25.2 Å². The zero-order valence-electron chi connectivity index (χ0n) is 6.77. The third kappa shape index (κ3) is 0.957. The van der Waals surface area contributed by atoms with Gasteiger partial charge in [0.25, 0.3) is 5.56 Å². The molecule has 0 radical (unpaired) electrons. The smallest absolute Gasteiger partial charge is 0.292 e. The standard InChI is InChI=1S/C5H7N7O/c1-12-3-2(8-11-12)4(7-6)9-10-5(3)13/h6H2,1H3,(H,7,9)(H,10,13). The van der Waals surface area contributed by atoms with Crippen LogP contribution in [-0.2, 0) is 7.05 Å². The minimum absolute atomic E-state index is 0.294. The minimum atomic E-state index is -0.346. The number of hydrogen-bond acceptors (Lipinski definition) is 6. The number of nitrogen functional groups attached to an aromatic ring is 1. The normalized spacial score (nSPS) is 10.6. The van der Waals surface area contributed by atoms with Gasteiger partial charge in [0.15, 0.2) is 16.9 Å². The van der Waals surface area contributed by atoms with E-state index >= 15 is 0 Å². The lowest BCUT2D eigenvalue weighted by Crippen LogP contribution is -2.16. The van der Waals surface area contributed by atoms with Crippen LogP contribution in [0.5, 0.6) is 0 Å². The van der Waals surface area contributed by atoms with Crippen LogP contribution in [0.3, 0.4) is 0 Å². The first-order chi connectivity index (χ1) is 6.24. The second-order valence-corrected chi connectivity index (χ2v) is 2.46. The first-order valence-electron chi connectivity index (χ1n) is 3.48. The molecular formula is C5H7N7O. The van der Waals surface area contributed by atoms with Crippen LogP contribution in [0.2, 0.25) is 0 Å². The Morgan fingerprint density at radius 1 is 1.62 bits per heavy atom. The Balaban J connectivity index is 2.95. The Labute approximate surface area is 71.7 Å². The molecule has 8 heteroatoms. The number of nitrogens with one attached hydrogen (secondary N) is 2. The summed E-state index contributed by atoms with van der Waals surface area (Å²) in [6.45, 7) is 0. The Morgan fingerprint density at radius 3 is 3.08 bits per heavy atom. The first kappa shape index (κ1) is 7.68. The SMILES string of the molecule is Cn1nnc2c(NN)n[nH]c(=O)c21. The molecule has 0 unspecified atom stereocenters. The highest BCUT2D eigenvalue weighted by Crippen LogP contribution is 2.10.